The van der Waals surface area contributed by atoms with Crippen molar-refractivity contribution in [2.24, 2.45) is 5.92 Å². The number of piperidine rings is 1. The Morgan fingerprint density at radius 3 is 2.09 bits per heavy atom. The smallest absolute Gasteiger partial charge is 0.341 e. The van der Waals surface area contributed by atoms with E-state index >= 15 is 0 Å². The van der Waals surface area contributed by atoms with Gasteiger partial charge in [-0.15, -0.1) is 0 Å². The van der Waals surface area contributed by atoms with Gasteiger partial charge in [0.15, 0.2) is 29.6 Å². The maximum atomic E-state index is 15.0. The Morgan fingerprint density at radius 2 is 1.44 bits per heavy atom. The number of carboxylic acids is 1. The summed E-state index contributed by atoms with van der Waals surface area (Å²) in [5.74, 6) is 1.27. The van der Waals surface area contributed by atoms with Crippen LogP contribution in [0, 0.1) is 5.92 Å². The summed E-state index contributed by atoms with van der Waals surface area (Å²) < 4.78 is 33.4. The molecule has 0 spiro atoms. The number of benzene rings is 3. The van der Waals surface area contributed by atoms with E-state index in [1.807, 2.05) is 36.4 Å². The number of carbonyl (C=O) groups is 3. The van der Waals surface area contributed by atoms with Crippen LogP contribution in [-0.4, -0.2) is 82.5 Å². The van der Waals surface area contributed by atoms with Gasteiger partial charge < -0.3 is 43.7 Å². The molecule has 0 radical (unpaired) electrons. The first kappa shape index (κ1) is 40.1. The maximum Gasteiger partial charge on any atom is 0.341 e. The number of hydrogen-bond donors (Lipinski definition) is 2. The van der Waals surface area contributed by atoms with Gasteiger partial charge in [-0.05, 0) is 104 Å². The van der Waals surface area contributed by atoms with Crippen LogP contribution in [0.15, 0.2) is 54.6 Å². The minimum absolute atomic E-state index is 0.0676. The molecule has 2 N–H and O–H groups in total. The van der Waals surface area contributed by atoms with Crippen LogP contribution in [0.1, 0.15) is 86.4 Å². The van der Waals surface area contributed by atoms with Gasteiger partial charge in [0.1, 0.15) is 11.8 Å². The number of rotatable bonds is 17. The Hall–Kier alpha value is -5.13. The van der Waals surface area contributed by atoms with E-state index in [9.17, 15) is 19.5 Å². The van der Waals surface area contributed by atoms with E-state index in [4.69, 9.17) is 28.4 Å². The van der Waals surface area contributed by atoms with Gasteiger partial charge in [-0.3, -0.25) is 9.59 Å². The molecule has 0 aromatic heterocycles. The number of hydrogen-bond acceptors (Lipinski definition) is 9. The number of amides is 2. The van der Waals surface area contributed by atoms with Crippen molar-refractivity contribution in [3.63, 3.8) is 0 Å². The Kier molecular flexibility index (Phi) is 14.3. The van der Waals surface area contributed by atoms with E-state index in [1.54, 1.807) is 58.6 Å². The molecule has 1 saturated carbocycles. The van der Waals surface area contributed by atoms with Gasteiger partial charge in [-0.1, -0.05) is 37.5 Å². The molecule has 1 aliphatic heterocycles. The Labute approximate surface area is 318 Å². The van der Waals surface area contributed by atoms with Crippen molar-refractivity contribution >= 4 is 17.8 Å². The number of ether oxygens (including phenoxy) is 6. The van der Waals surface area contributed by atoms with E-state index in [1.165, 1.54) is 0 Å². The standard InChI is InChI=1S/C42H54N2O10/c1-49-34-20-18-27(22-35(34)50-2)17-19-32(29-14-11-15-31(23-29)54-26-38(45)46)43-41(47)33-16-9-10-21-44(33)42(48)39(28-12-7-6-8-13-28)30-24-36(51-3)40(53-5)37(25-30)52-4/h11,14-15,18,20,22-25,28,32-33,39H,6-10,12-13,16-17,19,21,26H2,1-5H3,(H,43,47)(H,45,46)/t32-,33+,39?/m1/s1. The zero-order valence-corrected chi connectivity index (χ0v) is 32.1. The fourth-order valence-corrected chi connectivity index (χ4v) is 7.91. The minimum atomic E-state index is -1.08. The highest BCUT2D eigenvalue weighted by molar-refractivity contribution is 5.91. The molecule has 5 rings (SSSR count). The average Bonchev–Trinajstić information content (AvgIpc) is 3.21. The SMILES string of the molecule is COc1ccc(CC[C@@H](NC(=O)[C@@H]2CCCCN2C(=O)C(c2cc(OC)c(OC)c(OC)c2)C2CCCCC2)c2cccc(OCC(=O)O)c2)cc1OC. The van der Waals surface area contributed by atoms with Gasteiger partial charge in [-0.25, -0.2) is 4.79 Å². The van der Waals surface area contributed by atoms with E-state index < -0.39 is 30.6 Å². The summed E-state index contributed by atoms with van der Waals surface area (Å²) in [6.45, 7) is -0.0151. The summed E-state index contributed by atoms with van der Waals surface area (Å²) in [6.07, 6.45) is 8.29. The summed E-state index contributed by atoms with van der Waals surface area (Å²) in [7, 11) is 7.87. The summed E-state index contributed by atoms with van der Waals surface area (Å²) >= 11 is 0. The third-order valence-corrected chi connectivity index (χ3v) is 10.6. The molecule has 3 atom stereocenters. The summed E-state index contributed by atoms with van der Waals surface area (Å²) in [5.41, 5.74) is 2.54. The van der Waals surface area contributed by atoms with Gasteiger partial charge in [0.2, 0.25) is 17.6 Å². The van der Waals surface area contributed by atoms with Gasteiger partial charge in [0, 0.05) is 6.54 Å². The third-order valence-electron chi connectivity index (χ3n) is 10.6. The molecular formula is C42H54N2O10. The predicted octanol–water partition coefficient (Wildman–Crippen LogP) is 6.73. The highest BCUT2D eigenvalue weighted by atomic mass is 16.5. The number of aliphatic carboxylic acids is 1. The number of methoxy groups -OCH3 is 5. The summed E-state index contributed by atoms with van der Waals surface area (Å²) in [5, 5.41) is 12.5. The highest BCUT2D eigenvalue weighted by Crippen LogP contribution is 2.45. The van der Waals surface area contributed by atoms with Crippen LogP contribution in [0.5, 0.6) is 34.5 Å². The van der Waals surface area contributed by atoms with Crippen LogP contribution >= 0.6 is 0 Å². The molecule has 1 saturated heterocycles. The minimum Gasteiger partial charge on any atom is -0.493 e. The highest BCUT2D eigenvalue weighted by Gasteiger charge is 2.40. The van der Waals surface area contributed by atoms with Gasteiger partial charge >= 0.3 is 5.97 Å². The topological polar surface area (TPSA) is 142 Å². The lowest BCUT2D eigenvalue weighted by atomic mass is 9.75. The lowest BCUT2D eigenvalue weighted by Crippen LogP contribution is -2.54. The lowest BCUT2D eigenvalue weighted by molar-refractivity contribution is -0.145. The molecule has 3 aromatic rings. The molecule has 2 amide bonds. The normalized spacial score (nSPS) is 17.1. The van der Waals surface area contributed by atoms with Gasteiger partial charge in [0.25, 0.3) is 0 Å². The third kappa shape index (κ3) is 9.69. The predicted molar refractivity (Wildman–Crippen MR) is 203 cm³/mol. The molecule has 1 aliphatic carbocycles. The van der Waals surface area contributed by atoms with Crippen molar-refractivity contribution in [2.75, 3.05) is 48.7 Å². The first-order valence-electron chi connectivity index (χ1n) is 18.8. The van der Waals surface area contributed by atoms with Crippen LogP contribution < -0.4 is 33.7 Å². The van der Waals surface area contributed by atoms with Crippen molar-refractivity contribution in [2.45, 2.75) is 82.2 Å². The average molecular weight is 747 g/mol. The first-order valence-corrected chi connectivity index (χ1v) is 18.8. The van der Waals surface area contributed by atoms with Crippen molar-refractivity contribution in [1.29, 1.82) is 0 Å². The van der Waals surface area contributed by atoms with E-state index in [0.717, 1.165) is 61.6 Å². The molecule has 3 aromatic carbocycles. The van der Waals surface area contributed by atoms with E-state index in [-0.39, 0.29) is 17.7 Å². The fraction of sp³-hybridized carbons (Fsp3) is 0.500. The van der Waals surface area contributed by atoms with Gasteiger partial charge in [-0.2, -0.15) is 0 Å². The van der Waals surface area contributed by atoms with Crippen LogP contribution in [0.3, 0.4) is 0 Å². The zero-order valence-electron chi connectivity index (χ0n) is 32.1. The second-order valence-electron chi connectivity index (χ2n) is 13.9. The van der Waals surface area contributed by atoms with Crippen molar-refractivity contribution in [3.05, 3.63) is 71.3 Å². The molecule has 0 bridgehead atoms. The molecule has 12 nitrogen and oxygen atoms in total. The van der Waals surface area contributed by atoms with Crippen molar-refractivity contribution in [3.8, 4) is 34.5 Å². The molecule has 2 fully saturated rings. The first-order chi connectivity index (χ1) is 26.2. The maximum absolute atomic E-state index is 15.0. The quantitative estimate of drug-likeness (QED) is 0.153. The largest absolute Gasteiger partial charge is 0.493 e. The summed E-state index contributed by atoms with van der Waals surface area (Å²) in [4.78, 5) is 42.5. The molecule has 1 unspecified atom stereocenters. The van der Waals surface area contributed by atoms with E-state index in [2.05, 4.69) is 5.32 Å². The number of nitrogens with zero attached hydrogens (tertiary/aromatic N) is 1. The molecule has 12 heteroatoms. The van der Waals surface area contributed by atoms with Crippen LogP contribution in [0.25, 0.3) is 0 Å². The summed E-state index contributed by atoms with van der Waals surface area (Å²) in [6, 6.07) is 15.5. The molecule has 292 valence electrons. The monoisotopic (exact) mass is 746 g/mol. The van der Waals surface area contributed by atoms with Crippen molar-refractivity contribution in [1.82, 2.24) is 10.2 Å². The number of carbonyl (C=O) groups excluding carboxylic acids is 2. The molecule has 1 heterocycles. The van der Waals surface area contributed by atoms with Gasteiger partial charge in [0.05, 0.1) is 47.5 Å². The number of likely N-dealkylation sites (tertiary alicyclic amines) is 1. The Balaban J connectivity index is 1.45. The molecular weight excluding hydrogens is 692 g/mol. The zero-order chi connectivity index (χ0) is 38.6. The Morgan fingerprint density at radius 1 is 0.759 bits per heavy atom. The molecule has 2 aliphatic rings. The van der Waals surface area contributed by atoms with E-state index in [0.29, 0.717) is 60.3 Å². The van der Waals surface area contributed by atoms with Crippen LogP contribution in [0.4, 0.5) is 0 Å². The lowest BCUT2D eigenvalue weighted by Gasteiger charge is -2.40. The number of aryl methyl sites for hydroxylation is 1. The second-order valence-corrected chi connectivity index (χ2v) is 13.9. The number of nitrogens with one attached hydrogen (secondary N) is 1. The number of carboxylic acid groups (broad SMARTS) is 1. The fourth-order valence-electron chi connectivity index (χ4n) is 7.91. The van der Waals surface area contributed by atoms with Crippen molar-refractivity contribution < 1.29 is 47.9 Å². The molecule has 54 heavy (non-hydrogen) atoms. The van der Waals surface area contributed by atoms with Crippen LogP contribution in [0.2, 0.25) is 0 Å². The van der Waals surface area contributed by atoms with Crippen LogP contribution in [-0.2, 0) is 20.8 Å². The second kappa shape index (κ2) is 19.3. The Bertz CT molecular complexity index is 1710.